The van der Waals surface area contributed by atoms with Gasteiger partial charge in [-0.25, -0.2) is 4.83 Å². The average molecular weight is 557 g/mol. The molecule has 1 aromatic rings. The zero-order chi connectivity index (χ0) is 27.6. The van der Waals surface area contributed by atoms with Crippen LogP contribution in [0.4, 0.5) is 0 Å². The Bertz CT molecular complexity index is 1220. The van der Waals surface area contributed by atoms with Crippen molar-refractivity contribution in [3.63, 3.8) is 0 Å². The summed E-state index contributed by atoms with van der Waals surface area (Å²) >= 11 is 0. The molecule has 3 saturated carbocycles. The Morgan fingerprint density at radius 2 is 1.66 bits per heavy atom. The first-order valence-corrected chi connectivity index (χ1v) is 19.1. The number of sulfonamides is 1. The van der Waals surface area contributed by atoms with Gasteiger partial charge in [0.1, 0.15) is 0 Å². The lowest BCUT2D eigenvalue weighted by molar-refractivity contribution is -0.0194. The first-order chi connectivity index (χ1) is 17.7. The highest BCUT2D eigenvalue weighted by molar-refractivity contribution is 7.89. The van der Waals surface area contributed by atoms with Crippen LogP contribution in [0, 0.1) is 28.6 Å². The molecule has 1 N–H and O–H groups in total. The second-order valence-corrected chi connectivity index (χ2v) is 20.9. The largest absolute Gasteiger partial charge is 0.414 e. The van der Waals surface area contributed by atoms with E-state index in [1.807, 2.05) is 6.07 Å². The maximum absolute atomic E-state index is 12.8. The second-order valence-electron chi connectivity index (χ2n) is 14.5. The van der Waals surface area contributed by atoms with E-state index in [0.717, 1.165) is 37.8 Å². The molecule has 1 aromatic carbocycles. The number of nitrogens with one attached hydrogen (secondary N) is 1. The number of nitrogens with zero attached hydrogens (tertiary/aromatic N) is 1. The molecule has 3 fully saturated rings. The minimum Gasteiger partial charge on any atom is -0.414 e. The van der Waals surface area contributed by atoms with Crippen molar-refractivity contribution in [1.29, 1.82) is 0 Å². The lowest BCUT2D eigenvalue weighted by atomic mass is 9.48. The van der Waals surface area contributed by atoms with E-state index in [2.05, 4.69) is 63.7 Å². The first-order valence-electron chi connectivity index (χ1n) is 14.7. The maximum atomic E-state index is 12.8. The van der Waals surface area contributed by atoms with Crippen LogP contribution in [0.1, 0.15) is 86.0 Å². The summed E-state index contributed by atoms with van der Waals surface area (Å²) < 4.78 is 32.5. The molecule has 5 rings (SSSR count). The van der Waals surface area contributed by atoms with Crippen LogP contribution in [-0.2, 0) is 14.4 Å². The minimum atomic E-state index is -3.65. The van der Waals surface area contributed by atoms with E-state index < -0.39 is 18.3 Å². The van der Waals surface area contributed by atoms with Crippen molar-refractivity contribution in [1.82, 2.24) is 4.83 Å². The Morgan fingerprint density at radius 1 is 1.00 bits per heavy atom. The van der Waals surface area contributed by atoms with Gasteiger partial charge in [0.2, 0.25) is 0 Å². The smallest absolute Gasteiger partial charge is 0.276 e. The number of rotatable bonds is 5. The molecule has 5 nitrogen and oxygen atoms in total. The molecule has 0 spiro atoms. The van der Waals surface area contributed by atoms with E-state index in [9.17, 15) is 8.42 Å². The monoisotopic (exact) mass is 556 g/mol. The molecular formula is C31H48N2O3SSi. The van der Waals surface area contributed by atoms with E-state index in [1.165, 1.54) is 19.3 Å². The highest BCUT2D eigenvalue weighted by Gasteiger charge is 2.58. The molecule has 4 aliphatic carbocycles. The number of benzene rings is 1. The molecule has 210 valence electrons. The van der Waals surface area contributed by atoms with Gasteiger partial charge in [-0.15, -0.1) is 0 Å². The van der Waals surface area contributed by atoms with E-state index in [-0.39, 0.29) is 20.8 Å². The third kappa shape index (κ3) is 4.75. The van der Waals surface area contributed by atoms with E-state index >= 15 is 0 Å². The predicted octanol–water partition coefficient (Wildman–Crippen LogP) is 7.67. The molecule has 0 aliphatic heterocycles. The Hall–Kier alpha value is -1.44. The van der Waals surface area contributed by atoms with Crippen LogP contribution in [0.2, 0.25) is 18.1 Å². The van der Waals surface area contributed by atoms with Crippen molar-refractivity contribution in [3.05, 3.63) is 42.0 Å². The third-order valence-corrected chi connectivity index (χ3v) is 17.2. The predicted molar refractivity (Wildman–Crippen MR) is 158 cm³/mol. The van der Waals surface area contributed by atoms with Crippen LogP contribution in [0.5, 0.6) is 0 Å². The summed E-state index contributed by atoms with van der Waals surface area (Å²) in [6.45, 7) is 16.7. The fourth-order valence-electron chi connectivity index (χ4n) is 8.06. The molecule has 0 saturated heterocycles. The van der Waals surface area contributed by atoms with Crippen LogP contribution >= 0.6 is 0 Å². The summed E-state index contributed by atoms with van der Waals surface area (Å²) in [6.07, 6.45) is 11.9. The molecule has 3 unspecified atom stereocenters. The highest BCUT2D eigenvalue weighted by atomic mass is 32.2. The summed E-state index contributed by atoms with van der Waals surface area (Å²) in [6, 6.07) is 8.55. The molecular weight excluding hydrogens is 509 g/mol. The lowest BCUT2D eigenvalue weighted by Gasteiger charge is -2.57. The van der Waals surface area contributed by atoms with Crippen LogP contribution in [-0.4, -0.2) is 28.6 Å². The van der Waals surface area contributed by atoms with E-state index in [1.54, 1.807) is 29.8 Å². The zero-order valence-corrected chi connectivity index (χ0v) is 26.3. The standard InChI is InChI=1S/C31H48N2O3SSi/c1-29(2,3)38(6,7)36-23-17-19-30(4)22(21-23)13-14-25-26-15-16-28(31(26,5)20-18-27(25)30)32-33-37(34,35)24-11-9-8-10-12-24/h8-13,23,25-27,33H,14-21H2,1-7H3/b32-28+/t23-,25?,26?,27?,30-,31-/m0/s1. The molecule has 6 atom stereocenters. The number of fused-ring (bicyclic) bond motifs is 5. The summed E-state index contributed by atoms with van der Waals surface area (Å²) in [5.41, 5.74) is 2.95. The van der Waals surface area contributed by atoms with Gasteiger partial charge in [0.25, 0.3) is 10.0 Å². The second kappa shape index (κ2) is 9.59. The fourth-order valence-corrected chi connectivity index (χ4v) is 10.3. The Kier molecular flexibility index (Phi) is 7.09. The van der Waals surface area contributed by atoms with Crippen LogP contribution < -0.4 is 4.83 Å². The van der Waals surface area contributed by atoms with Gasteiger partial charge >= 0.3 is 0 Å². The molecule has 4 aliphatic rings. The molecule has 0 aromatic heterocycles. The third-order valence-electron chi connectivity index (χ3n) is 11.4. The summed E-state index contributed by atoms with van der Waals surface area (Å²) in [7, 11) is -5.42. The number of hydrazone groups is 1. The fraction of sp³-hybridized carbons (Fsp3) is 0.710. The molecule has 0 bridgehead atoms. The van der Waals surface area contributed by atoms with Crippen molar-refractivity contribution in [2.75, 3.05) is 0 Å². The highest BCUT2D eigenvalue weighted by Crippen LogP contribution is 2.64. The van der Waals surface area contributed by atoms with Gasteiger partial charge in [-0.1, -0.05) is 64.5 Å². The van der Waals surface area contributed by atoms with Gasteiger partial charge in [0.15, 0.2) is 8.32 Å². The average Bonchev–Trinajstić information content (AvgIpc) is 3.19. The van der Waals surface area contributed by atoms with Gasteiger partial charge < -0.3 is 4.43 Å². The molecule has 0 amide bonds. The van der Waals surface area contributed by atoms with Crippen LogP contribution in [0.15, 0.2) is 52.0 Å². The SMILES string of the molecule is CC(C)(C)[Si](C)(C)O[C@H]1CC[C@@]2(C)C(=CCC3C2CC[C@]2(C)/C(=N/NS(=O)(=O)c4ccccc4)CCC32)C1. The van der Waals surface area contributed by atoms with Crippen molar-refractivity contribution in [3.8, 4) is 0 Å². The summed E-state index contributed by atoms with van der Waals surface area (Å²) in [5, 5.41) is 4.82. The normalized spacial score (nSPS) is 36.7. The van der Waals surface area contributed by atoms with Crippen LogP contribution in [0.25, 0.3) is 0 Å². The Labute approximate surface area is 232 Å². The van der Waals surface area contributed by atoms with Gasteiger partial charge in [-0.2, -0.15) is 13.5 Å². The van der Waals surface area contributed by atoms with Crippen molar-refractivity contribution >= 4 is 24.1 Å². The minimum absolute atomic E-state index is 0.0231. The van der Waals surface area contributed by atoms with Crippen molar-refractivity contribution in [2.45, 2.75) is 115 Å². The zero-order valence-electron chi connectivity index (χ0n) is 24.5. The summed E-state index contributed by atoms with van der Waals surface area (Å²) in [4.78, 5) is 2.83. The molecule has 0 radical (unpaired) electrons. The number of allylic oxidation sites excluding steroid dienone is 1. The van der Waals surface area contributed by atoms with Gasteiger partial charge in [-0.05, 0) is 105 Å². The van der Waals surface area contributed by atoms with E-state index in [4.69, 9.17) is 4.43 Å². The Morgan fingerprint density at radius 3 is 2.34 bits per heavy atom. The van der Waals surface area contributed by atoms with Crippen molar-refractivity contribution in [2.24, 2.45) is 33.7 Å². The van der Waals surface area contributed by atoms with E-state index in [0.29, 0.717) is 23.9 Å². The Balaban J connectivity index is 1.32. The van der Waals surface area contributed by atoms with Gasteiger partial charge in [0.05, 0.1) is 4.90 Å². The topological polar surface area (TPSA) is 67.8 Å². The van der Waals surface area contributed by atoms with Crippen LogP contribution in [0.3, 0.4) is 0 Å². The number of hydrogen-bond acceptors (Lipinski definition) is 4. The molecule has 7 heteroatoms. The lowest BCUT2D eigenvalue weighted by Crippen LogP contribution is -2.52. The number of hydrogen-bond donors (Lipinski definition) is 1. The molecule has 0 heterocycles. The quantitative estimate of drug-likeness (QED) is 0.230. The van der Waals surface area contributed by atoms with Gasteiger partial charge in [0, 0.05) is 17.2 Å². The maximum Gasteiger partial charge on any atom is 0.276 e. The van der Waals surface area contributed by atoms with Gasteiger partial charge in [-0.3, -0.25) is 0 Å². The van der Waals surface area contributed by atoms with Crippen molar-refractivity contribution < 1.29 is 12.8 Å². The molecule has 38 heavy (non-hydrogen) atoms. The first kappa shape index (κ1) is 28.1. The summed E-state index contributed by atoms with van der Waals surface area (Å²) in [5.74, 6) is 1.92.